The van der Waals surface area contributed by atoms with Gasteiger partial charge in [-0.3, -0.25) is 0 Å². The zero-order valence-corrected chi connectivity index (χ0v) is 17.8. The maximum absolute atomic E-state index is 12.1. The van der Waals surface area contributed by atoms with Gasteiger partial charge in [0.2, 0.25) is 0 Å². The number of carbonyl (C=O) groups excluding carboxylic acids is 4. The van der Waals surface area contributed by atoms with Crippen molar-refractivity contribution >= 4 is 23.9 Å². The van der Waals surface area contributed by atoms with Crippen LogP contribution < -0.4 is 0 Å². The van der Waals surface area contributed by atoms with E-state index >= 15 is 0 Å². The average Bonchev–Trinajstić information content (AvgIpc) is 2.73. The number of aromatic nitrogens is 1. The molecule has 0 radical (unpaired) electrons. The van der Waals surface area contributed by atoms with E-state index in [4.69, 9.17) is 18.9 Å². The molecule has 1 aromatic heterocycles. The summed E-state index contributed by atoms with van der Waals surface area (Å²) < 4.78 is 20.0. The molecule has 0 fully saturated rings. The molecule has 0 unspecified atom stereocenters. The Morgan fingerprint density at radius 2 is 1.33 bits per heavy atom. The van der Waals surface area contributed by atoms with Crippen molar-refractivity contribution < 1.29 is 38.1 Å². The molecule has 166 valence electrons. The van der Waals surface area contributed by atoms with Crippen molar-refractivity contribution in [1.29, 1.82) is 0 Å². The SMILES string of the molecule is CCCCOC(=O)[C@@H](C)OC(=O)c1ccc(C(=O)O[C@H](C)C(=O)OCCCC)nc1. The average molecular weight is 423 g/mol. The molecule has 30 heavy (non-hydrogen) atoms. The van der Waals surface area contributed by atoms with Gasteiger partial charge in [0.1, 0.15) is 5.69 Å². The summed E-state index contributed by atoms with van der Waals surface area (Å²) >= 11 is 0. The summed E-state index contributed by atoms with van der Waals surface area (Å²) in [5.41, 5.74) is -0.0430. The third-order valence-corrected chi connectivity index (χ3v) is 3.92. The zero-order chi connectivity index (χ0) is 22.5. The number of hydrogen-bond donors (Lipinski definition) is 0. The molecular formula is C21H29NO8. The van der Waals surface area contributed by atoms with E-state index < -0.39 is 36.1 Å². The Labute approximate surface area is 176 Å². The fourth-order valence-electron chi connectivity index (χ4n) is 2.05. The number of pyridine rings is 1. The number of hydrogen-bond acceptors (Lipinski definition) is 9. The fourth-order valence-corrected chi connectivity index (χ4v) is 2.05. The second-order valence-electron chi connectivity index (χ2n) is 6.57. The Morgan fingerprint density at radius 3 is 1.77 bits per heavy atom. The molecule has 0 saturated heterocycles. The molecule has 0 spiro atoms. The molecule has 2 atom stereocenters. The van der Waals surface area contributed by atoms with Gasteiger partial charge in [0.15, 0.2) is 12.2 Å². The quantitative estimate of drug-likeness (QED) is 0.284. The molecule has 1 rings (SSSR count). The minimum atomic E-state index is -1.08. The van der Waals surface area contributed by atoms with Crippen LogP contribution in [0.2, 0.25) is 0 Å². The molecule has 1 heterocycles. The van der Waals surface area contributed by atoms with Gasteiger partial charge in [0, 0.05) is 6.20 Å². The lowest BCUT2D eigenvalue weighted by molar-refractivity contribution is -0.153. The molecule has 1 aromatic rings. The van der Waals surface area contributed by atoms with Crippen LogP contribution in [0.15, 0.2) is 18.3 Å². The summed E-state index contributed by atoms with van der Waals surface area (Å²) in [6, 6.07) is 2.57. The van der Waals surface area contributed by atoms with Crippen molar-refractivity contribution in [2.45, 2.75) is 65.6 Å². The lowest BCUT2D eigenvalue weighted by Crippen LogP contribution is -2.27. The van der Waals surface area contributed by atoms with Gasteiger partial charge >= 0.3 is 23.9 Å². The smallest absolute Gasteiger partial charge is 0.357 e. The molecular weight excluding hydrogens is 394 g/mol. The fraction of sp³-hybridized carbons (Fsp3) is 0.571. The largest absolute Gasteiger partial charge is 0.463 e. The summed E-state index contributed by atoms with van der Waals surface area (Å²) in [4.78, 5) is 51.6. The molecule has 0 N–H and O–H groups in total. The third kappa shape index (κ3) is 8.59. The number of esters is 4. The Bertz CT molecular complexity index is 655. The Kier molecular flexibility index (Phi) is 11.1. The van der Waals surface area contributed by atoms with Crippen LogP contribution in [-0.2, 0) is 28.5 Å². The molecule has 0 amide bonds. The Morgan fingerprint density at radius 1 is 0.833 bits per heavy atom. The van der Waals surface area contributed by atoms with Gasteiger partial charge in [-0.25, -0.2) is 24.2 Å². The third-order valence-electron chi connectivity index (χ3n) is 3.92. The van der Waals surface area contributed by atoms with Crippen LogP contribution >= 0.6 is 0 Å². The highest BCUT2D eigenvalue weighted by molar-refractivity contribution is 5.93. The summed E-state index contributed by atoms with van der Waals surface area (Å²) in [7, 11) is 0. The van der Waals surface area contributed by atoms with Gasteiger partial charge < -0.3 is 18.9 Å². The normalized spacial score (nSPS) is 12.4. The number of rotatable bonds is 12. The lowest BCUT2D eigenvalue weighted by atomic mass is 10.2. The molecule has 9 heteroatoms. The first kappa shape index (κ1) is 25.1. The molecule has 0 aliphatic rings. The first-order valence-corrected chi connectivity index (χ1v) is 10.0. The van der Waals surface area contributed by atoms with Crippen molar-refractivity contribution in [3.63, 3.8) is 0 Å². The van der Waals surface area contributed by atoms with E-state index in [-0.39, 0.29) is 24.5 Å². The number of unbranched alkanes of at least 4 members (excludes halogenated alkanes) is 2. The van der Waals surface area contributed by atoms with Gasteiger partial charge in [0.25, 0.3) is 0 Å². The topological polar surface area (TPSA) is 118 Å². The van der Waals surface area contributed by atoms with E-state index in [2.05, 4.69) is 4.98 Å². The number of carbonyl (C=O) groups is 4. The summed E-state index contributed by atoms with van der Waals surface area (Å²) in [5.74, 6) is -2.89. The second kappa shape index (κ2) is 13.3. The highest BCUT2D eigenvalue weighted by atomic mass is 16.6. The van der Waals surface area contributed by atoms with Crippen molar-refractivity contribution in [2.24, 2.45) is 0 Å². The maximum atomic E-state index is 12.1. The van der Waals surface area contributed by atoms with Crippen LogP contribution in [-0.4, -0.2) is 54.3 Å². The number of nitrogens with zero attached hydrogens (tertiary/aromatic N) is 1. The molecule has 0 bridgehead atoms. The van der Waals surface area contributed by atoms with Crippen molar-refractivity contribution in [2.75, 3.05) is 13.2 Å². The maximum Gasteiger partial charge on any atom is 0.357 e. The Balaban J connectivity index is 2.56. The highest BCUT2D eigenvalue weighted by Gasteiger charge is 2.23. The van der Waals surface area contributed by atoms with Crippen LogP contribution in [0.25, 0.3) is 0 Å². The summed E-state index contributed by atoms with van der Waals surface area (Å²) in [6.07, 6.45) is 2.17. The van der Waals surface area contributed by atoms with Crippen LogP contribution in [0.4, 0.5) is 0 Å². The van der Waals surface area contributed by atoms with Crippen LogP contribution in [0.1, 0.15) is 74.2 Å². The van der Waals surface area contributed by atoms with E-state index in [0.29, 0.717) is 0 Å². The first-order valence-electron chi connectivity index (χ1n) is 10.0. The van der Waals surface area contributed by atoms with Gasteiger partial charge in [-0.05, 0) is 38.8 Å². The van der Waals surface area contributed by atoms with E-state index in [0.717, 1.165) is 31.9 Å². The summed E-state index contributed by atoms with van der Waals surface area (Å²) in [5, 5.41) is 0. The van der Waals surface area contributed by atoms with Crippen molar-refractivity contribution in [1.82, 2.24) is 4.98 Å². The van der Waals surface area contributed by atoms with Gasteiger partial charge in [0.05, 0.1) is 18.8 Å². The first-order chi connectivity index (χ1) is 14.3. The van der Waals surface area contributed by atoms with Gasteiger partial charge in [-0.1, -0.05) is 26.7 Å². The van der Waals surface area contributed by atoms with Gasteiger partial charge in [-0.2, -0.15) is 0 Å². The Hall–Kier alpha value is -2.97. The molecule has 0 saturated carbocycles. The van der Waals surface area contributed by atoms with Crippen molar-refractivity contribution in [3.8, 4) is 0 Å². The predicted octanol–water partition coefficient (Wildman–Crippen LogP) is 2.86. The minimum absolute atomic E-state index is 0.0479. The van der Waals surface area contributed by atoms with Crippen LogP contribution in [0, 0.1) is 0 Å². The van der Waals surface area contributed by atoms with E-state index in [1.165, 1.54) is 26.0 Å². The number of ether oxygens (including phenoxy) is 4. The second-order valence-corrected chi connectivity index (χ2v) is 6.57. The van der Waals surface area contributed by atoms with Crippen LogP contribution in [0.3, 0.4) is 0 Å². The summed E-state index contributed by atoms with van der Waals surface area (Å²) in [6.45, 7) is 7.26. The molecule has 9 nitrogen and oxygen atoms in total. The van der Waals surface area contributed by atoms with E-state index in [1.807, 2.05) is 13.8 Å². The van der Waals surface area contributed by atoms with E-state index in [9.17, 15) is 19.2 Å². The highest BCUT2D eigenvalue weighted by Crippen LogP contribution is 2.08. The predicted molar refractivity (Wildman–Crippen MR) is 106 cm³/mol. The van der Waals surface area contributed by atoms with E-state index in [1.54, 1.807) is 0 Å². The monoisotopic (exact) mass is 423 g/mol. The lowest BCUT2D eigenvalue weighted by Gasteiger charge is -2.13. The van der Waals surface area contributed by atoms with Crippen LogP contribution in [0.5, 0.6) is 0 Å². The molecule has 0 aliphatic heterocycles. The standard InChI is InChI=1S/C21H29NO8/c1-5-7-11-27-18(23)14(3)29-20(25)16-9-10-17(22-13-16)21(26)30-15(4)19(24)28-12-8-6-2/h9-10,13-15H,5-8,11-12H2,1-4H3/t14-,15-/m1/s1. The molecule has 0 aromatic carbocycles. The minimum Gasteiger partial charge on any atom is -0.463 e. The zero-order valence-electron chi connectivity index (χ0n) is 17.8. The van der Waals surface area contributed by atoms with Gasteiger partial charge in [-0.15, -0.1) is 0 Å². The van der Waals surface area contributed by atoms with Crippen molar-refractivity contribution in [3.05, 3.63) is 29.6 Å². The molecule has 0 aliphatic carbocycles.